The van der Waals surface area contributed by atoms with E-state index < -0.39 is 6.10 Å². The molecular weight excluding hydrogens is 182 g/mol. The normalized spacial score (nSPS) is 7.85. The van der Waals surface area contributed by atoms with E-state index in [4.69, 9.17) is 30.3 Å². The third-order valence-corrected chi connectivity index (χ3v) is 0.521. The molecule has 0 radical (unpaired) electrons. The smallest absolute Gasteiger partial charge is 0.204 e. The highest BCUT2D eigenvalue weighted by Crippen LogP contribution is 1.71. The van der Waals surface area contributed by atoms with Gasteiger partial charge in [0, 0.05) is 0 Å². The van der Waals surface area contributed by atoms with Crippen molar-refractivity contribution >= 4 is 6.41 Å². The maximum atomic E-state index is 8.58. The Morgan fingerprint density at radius 3 is 1.31 bits per heavy atom. The van der Waals surface area contributed by atoms with Gasteiger partial charge in [0.05, 0.1) is 26.4 Å². The van der Waals surface area contributed by atoms with Crippen LogP contribution in [0.2, 0.25) is 0 Å². The van der Waals surface area contributed by atoms with Crippen molar-refractivity contribution in [3.63, 3.8) is 0 Å². The standard InChI is InChI=1S/C3H8O3.C2H6O2.CH3NO/c4-1-3(6)2-5;3-1-2-4;2-1-3/h3-6H,1-2H2;3-4H,1-2H2;1H,(H2,2,3). The molecule has 0 saturated heterocycles. The third kappa shape index (κ3) is 53.1. The highest BCUT2D eigenvalue weighted by Gasteiger charge is 1.93. The van der Waals surface area contributed by atoms with Crippen molar-refractivity contribution in [2.24, 2.45) is 5.73 Å². The van der Waals surface area contributed by atoms with Crippen LogP contribution in [0.15, 0.2) is 0 Å². The molecule has 82 valence electrons. The first-order valence-electron chi connectivity index (χ1n) is 3.41. The van der Waals surface area contributed by atoms with Gasteiger partial charge in [-0.2, -0.15) is 0 Å². The summed E-state index contributed by atoms with van der Waals surface area (Å²) in [5.74, 6) is 0. The Morgan fingerprint density at radius 1 is 1.08 bits per heavy atom. The van der Waals surface area contributed by atoms with E-state index in [0.717, 1.165) is 0 Å². The molecule has 0 aromatic carbocycles. The Labute approximate surface area is 76.0 Å². The van der Waals surface area contributed by atoms with E-state index in [9.17, 15) is 0 Å². The molecule has 7 N–H and O–H groups in total. The van der Waals surface area contributed by atoms with Gasteiger partial charge in [-0.05, 0) is 0 Å². The molecule has 0 atom stereocenters. The molecule has 0 heterocycles. The number of carbonyl (C=O) groups is 1. The molecule has 0 aromatic rings. The van der Waals surface area contributed by atoms with E-state index in [-0.39, 0.29) is 32.8 Å². The van der Waals surface area contributed by atoms with Crippen LogP contribution in [-0.4, -0.2) is 64.5 Å². The second-order valence-corrected chi connectivity index (χ2v) is 1.60. The number of hydrogen-bond donors (Lipinski definition) is 6. The molecular formula is C6H17NO6. The van der Waals surface area contributed by atoms with Crippen LogP contribution in [-0.2, 0) is 4.79 Å². The molecule has 0 aliphatic rings. The summed E-state index contributed by atoms with van der Waals surface area (Å²) in [5.41, 5.74) is 4.17. The van der Waals surface area contributed by atoms with Crippen molar-refractivity contribution in [1.82, 2.24) is 0 Å². The number of carbonyl (C=O) groups excluding carboxylic acids is 1. The molecule has 0 aromatic heterocycles. The summed E-state index contributed by atoms with van der Waals surface area (Å²) < 4.78 is 0. The molecule has 0 fully saturated rings. The number of amides is 1. The van der Waals surface area contributed by atoms with Gasteiger partial charge in [-0.15, -0.1) is 0 Å². The molecule has 0 aliphatic carbocycles. The van der Waals surface area contributed by atoms with E-state index in [1.54, 1.807) is 0 Å². The van der Waals surface area contributed by atoms with Gasteiger partial charge in [0.15, 0.2) is 0 Å². The molecule has 0 bridgehead atoms. The fraction of sp³-hybridized carbons (Fsp3) is 0.833. The van der Waals surface area contributed by atoms with Crippen LogP contribution in [0.25, 0.3) is 0 Å². The number of hydrogen-bond acceptors (Lipinski definition) is 6. The summed E-state index contributed by atoms with van der Waals surface area (Å²) >= 11 is 0. The van der Waals surface area contributed by atoms with Crippen molar-refractivity contribution in [2.75, 3.05) is 26.4 Å². The van der Waals surface area contributed by atoms with Crippen LogP contribution < -0.4 is 5.73 Å². The molecule has 0 unspecified atom stereocenters. The highest BCUT2D eigenvalue weighted by molar-refractivity contribution is 5.42. The number of rotatable bonds is 3. The zero-order valence-electron chi connectivity index (χ0n) is 7.20. The maximum Gasteiger partial charge on any atom is 0.204 e. The van der Waals surface area contributed by atoms with E-state index in [2.05, 4.69) is 5.73 Å². The lowest BCUT2D eigenvalue weighted by atomic mass is 10.4. The fourth-order valence-corrected chi connectivity index (χ4v) is 0.0577. The minimum absolute atomic E-state index is 0.125. The van der Waals surface area contributed by atoms with E-state index in [1.807, 2.05) is 0 Å². The highest BCUT2D eigenvalue weighted by atomic mass is 16.3. The Bertz CT molecular complexity index is 75.5. The largest absolute Gasteiger partial charge is 0.394 e. The molecule has 0 rings (SSSR count). The Morgan fingerprint density at radius 2 is 1.31 bits per heavy atom. The second kappa shape index (κ2) is 22.5. The van der Waals surface area contributed by atoms with Crippen LogP contribution in [0, 0.1) is 0 Å². The van der Waals surface area contributed by atoms with Gasteiger partial charge in [0.2, 0.25) is 6.41 Å². The van der Waals surface area contributed by atoms with Crippen molar-refractivity contribution in [3.8, 4) is 0 Å². The van der Waals surface area contributed by atoms with Crippen molar-refractivity contribution in [3.05, 3.63) is 0 Å². The van der Waals surface area contributed by atoms with E-state index in [0.29, 0.717) is 0 Å². The monoisotopic (exact) mass is 199 g/mol. The van der Waals surface area contributed by atoms with Gasteiger partial charge in [-0.3, -0.25) is 4.79 Å². The van der Waals surface area contributed by atoms with Crippen molar-refractivity contribution in [1.29, 1.82) is 0 Å². The lowest BCUT2D eigenvalue weighted by Gasteiger charge is -1.96. The number of primary amides is 1. The number of aliphatic hydroxyl groups excluding tert-OH is 5. The van der Waals surface area contributed by atoms with Crippen molar-refractivity contribution in [2.45, 2.75) is 6.10 Å². The lowest BCUT2D eigenvalue weighted by Crippen LogP contribution is -2.15. The van der Waals surface area contributed by atoms with Crippen LogP contribution in [0.5, 0.6) is 0 Å². The first-order chi connectivity index (χ1) is 6.14. The van der Waals surface area contributed by atoms with Gasteiger partial charge < -0.3 is 31.3 Å². The lowest BCUT2D eigenvalue weighted by molar-refractivity contribution is -0.106. The van der Waals surface area contributed by atoms with Gasteiger partial charge in [0.1, 0.15) is 6.10 Å². The molecule has 13 heavy (non-hydrogen) atoms. The van der Waals surface area contributed by atoms with E-state index >= 15 is 0 Å². The van der Waals surface area contributed by atoms with Gasteiger partial charge in [0.25, 0.3) is 0 Å². The summed E-state index contributed by atoms with van der Waals surface area (Å²) in [6.45, 7) is -0.979. The topological polar surface area (TPSA) is 144 Å². The fourth-order valence-electron chi connectivity index (χ4n) is 0.0577. The summed E-state index contributed by atoms with van der Waals surface area (Å²) in [4.78, 5) is 8.58. The minimum Gasteiger partial charge on any atom is -0.394 e. The predicted molar refractivity (Wildman–Crippen MR) is 44.6 cm³/mol. The Kier molecular flexibility index (Phi) is 31.4. The first-order valence-corrected chi connectivity index (χ1v) is 3.41. The Hall–Kier alpha value is -0.730. The molecule has 1 amide bonds. The van der Waals surface area contributed by atoms with Crippen LogP contribution in [0.4, 0.5) is 0 Å². The van der Waals surface area contributed by atoms with E-state index in [1.165, 1.54) is 0 Å². The summed E-state index contributed by atoms with van der Waals surface area (Å²) in [6, 6.07) is 0. The quantitative estimate of drug-likeness (QED) is 0.259. The summed E-state index contributed by atoms with van der Waals surface area (Å²) in [7, 11) is 0. The van der Waals surface area contributed by atoms with Gasteiger partial charge in [-0.1, -0.05) is 0 Å². The number of aliphatic hydroxyl groups is 5. The molecule has 7 nitrogen and oxygen atoms in total. The predicted octanol–water partition coefficient (Wildman–Crippen LogP) is -3.60. The van der Waals surface area contributed by atoms with Gasteiger partial charge in [-0.25, -0.2) is 0 Å². The third-order valence-electron chi connectivity index (χ3n) is 0.521. The van der Waals surface area contributed by atoms with Crippen LogP contribution in [0.3, 0.4) is 0 Å². The van der Waals surface area contributed by atoms with Crippen LogP contribution in [0.1, 0.15) is 0 Å². The second-order valence-electron chi connectivity index (χ2n) is 1.60. The average Bonchev–Trinajstić information content (AvgIpc) is 2.18. The minimum atomic E-state index is -0.954. The van der Waals surface area contributed by atoms with Gasteiger partial charge >= 0.3 is 0 Å². The summed E-state index contributed by atoms with van der Waals surface area (Å²) in [6.07, 6.45) is -0.704. The van der Waals surface area contributed by atoms with Crippen LogP contribution >= 0.6 is 0 Å². The zero-order valence-corrected chi connectivity index (χ0v) is 7.20. The zero-order chi connectivity index (χ0) is 11.1. The maximum absolute atomic E-state index is 8.58. The van der Waals surface area contributed by atoms with Crippen molar-refractivity contribution < 1.29 is 30.3 Å². The summed E-state index contributed by atoms with van der Waals surface area (Å²) in [5, 5.41) is 39.3. The molecule has 0 spiro atoms. The molecule has 0 saturated carbocycles. The average molecular weight is 199 g/mol. The SMILES string of the molecule is NC=O.OCC(O)CO.OCCO. The molecule has 7 heteroatoms. The molecule has 0 aliphatic heterocycles. The Balaban J connectivity index is -0.000000125. The number of nitrogens with two attached hydrogens (primary N) is 1. The first kappa shape index (κ1) is 18.1.